The fourth-order valence-corrected chi connectivity index (χ4v) is 9.68. The molecule has 0 radical (unpaired) electrons. The fourth-order valence-electron chi connectivity index (χ4n) is 9.68. The number of nitrogens with zero attached hydrogens (tertiary/aromatic N) is 1. The molecule has 4 aliphatic rings. The van der Waals surface area contributed by atoms with Gasteiger partial charge < -0.3 is 21.5 Å². The van der Waals surface area contributed by atoms with Gasteiger partial charge in [-0.05, 0) is 109 Å². The first kappa shape index (κ1) is 32.2. The van der Waals surface area contributed by atoms with E-state index >= 15 is 0 Å². The number of carbonyl (C=O) groups excluding carboxylic acids is 2. The number of carbonyl (C=O) groups is 3. The Morgan fingerprint density at radius 1 is 1.02 bits per heavy atom. The van der Waals surface area contributed by atoms with Crippen LogP contribution in [0.15, 0.2) is 72.6 Å². The molecule has 8 nitrogen and oxygen atoms in total. The van der Waals surface area contributed by atoms with Gasteiger partial charge in [0.05, 0.1) is 6.54 Å². The topological polar surface area (TPSA) is 134 Å². The summed E-state index contributed by atoms with van der Waals surface area (Å²) >= 11 is 0. The number of hydrogen-bond donors (Lipinski definition) is 4. The molecule has 2 amide bonds. The number of benzene rings is 1. The van der Waals surface area contributed by atoms with Gasteiger partial charge in [0.2, 0.25) is 11.8 Å². The van der Waals surface area contributed by atoms with Crippen molar-refractivity contribution in [2.45, 2.75) is 83.7 Å². The molecule has 0 spiro atoms. The van der Waals surface area contributed by atoms with Crippen LogP contribution in [-0.2, 0) is 20.8 Å². The molecule has 4 aliphatic carbocycles. The van der Waals surface area contributed by atoms with E-state index in [9.17, 15) is 19.5 Å². The average molecular weight is 625 g/mol. The second-order valence-electron chi connectivity index (χ2n) is 14.8. The number of carboxylic acids is 1. The lowest BCUT2D eigenvalue weighted by Crippen LogP contribution is -2.63. The molecule has 46 heavy (non-hydrogen) atoms. The first-order chi connectivity index (χ1) is 22.0. The van der Waals surface area contributed by atoms with Crippen LogP contribution in [0.25, 0.3) is 5.57 Å². The molecule has 0 aliphatic heterocycles. The second-order valence-corrected chi connectivity index (χ2v) is 14.8. The number of nitrogens with one attached hydrogen (secondary N) is 2. The van der Waals surface area contributed by atoms with E-state index in [1.165, 1.54) is 16.7 Å². The summed E-state index contributed by atoms with van der Waals surface area (Å²) in [7, 11) is 0. The zero-order valence-electron chi connectivity index (χ0n) is 27.3. The summed E-state index contributed by atoms with van der Waals surface area (Å²) < 4.78 is 0. The van der Waals surface area contributed by atoms with Crippen LogP contribution in [0.5, 0.6) is 0 Å². The number of aromatic nitrogens is 1. The zero-order chi connectivity index (χ0) is 32.7. The maximum Gasteiger partial charge on any atom is 0.329 e. The van der Waals surface area contributed by atoms with Crippen LogP contribution in [0, 0.1) is 34.5 Å². The van der Waals surface area contributed by atoms with Crippen LogP contribution >= 0.6 is 0 Å². The molecule has 8 heteroatoms. The number of nitrogens with two attached hydrogens (primary N) is 1. The molecule has 8 atom stereocenters. The van der Waals surface area contributed by atoms with E-state index in [-0.39, 0.29) is 29.7 Å². The Balaban J connectivity index is 1.20. The van der Waals surface area contributed by atoms with Gasteiger partial charge in [0.1, 0.15) is 11.6 Å². The Kier molecular flexibility index (Phi) is 8.70. The third-order valence-electron chi connectivity index (χ3n) is 12.4. The smallest absolute Gasteiger partial charge is 0.329 e. The predicted molar refractivity (Wildman–Crippen MR) is 178 cm³/mol. The van der Waals surface area contributed by atoms with Crippen molar-refractivity contribution in [2.75, 3.05) is 6.54 Å². The number of pyridine rings is 1. The van der Waals surface area contributed by atoms with Crippen molar-refractivity contribution in [3.05, 3.63) is 83.7 Å². The molecule has 2 aromatic rings. The Hall–Kier alpha value is -3.78. The van der Waals surface area contributed by atoms with Gasteiger partial charge in [-0.3, -0.25) is 14.6 Å². The van der Waals surface area contributed by atoms with Gasteiger partial charge in [0.25, 0.3) is 0 Å². The summed E-state index contributed by atoms with van der Waals surface area (Å²) in [4.78, 5) is 43.3. The van der Waals surface area contributed by atoms with Crippen LogP contribution in [0.2, 0.25) is 0 Å². The number of aliphatic carboxylic acids is 1. The summed E-state index contributed by atoms with van der Waals surface area (Å²) in [5.74, 6) is -0.566. The van der Waals surface area contributed by atoms with Gasteiger partial charge in [0.15, 0.2) is 0 Å². The summed E-state index contributed by atoms with van der Waals surface area (Å²) in [6.07, 6.45) is 15.6. The summed E-state index contributed by atoms with van der Waals surface area (Å²) in [6.45, 7) is 6.24. The van der Waals surface area contributed by atoms with E-state index in [0.29, 0.717) is 30.6 Å². The third kappa shape index (κ3) is 5.59. The van der Waals surface area contributed by atoms with Crippen LogP contribution in [0.4, 0.5) is 0 Å². The number of carboxylic acid groups (broad SMARTS) is 1. The highest BCUT2D eigenvalue weighted by Gasteiger charge is 2.58. The Morgan fingerprint density at radius 3 is 2.48 bits per heavy atom. The molecular formula is C38H48N4O4. The molecule has 2 fully saturated rings. The summed E-state index contributed by atoms with van der Waals surface area (Å²) in [5.41, 5.74) is 9.13. The Morgan fingerprint density at radius 2 is 1.78 bits per heavy atom. The van der Waals surface area contributed by atoms with Crippen LogP contribution in [0.3, 0.4) is 0 Å². The Bertz CT molecular complexity index is 1540. The van der Waals surface area contributed by atoms with E-state index in [1.807, 2.05) is 48.8 Å². The van der Waals surface area contributed by atoms with Crippen molar-refractivity contribution in [1.29, 1.82) is 0 Å². The highest BCUT2D eigenvalue weighted by atomic mass is 16.4. The number of allylic oxidation sites excluding steroid dienone is 4. The molecule has 5 N–H and O–H groups in total. The highest BCUT2D eigenvalue weighted by molar-refractivity contribution is 5.92. The van der Waals surface area contributed by atoms with Gasteiger partial charge in [-0.25, -0.2) is 4.79 Å². The van der Waals surface area contributed by atoms with Crippen molar-refractivity contribution in [3.8, 4) is 0 Å². The van der Waals surface area contributed by atoms with Gasteiger partial charge in [0, 0.05) is 18.8 Å². The molecular weight excluding hydrogens is 576 g/mol. The predicted octanol–water partition coefficient (Wildman–Crippen LogP) is 5.30. The van der Waals surface area contributed by atoms with Gasteiger partial charge in [-0.1, -0.05) is 68.0 Å². The maximum atomic E-state index is 13.7. The van der Waals surface area contributed by atoms with Crippen molar-refractivity contribution < 1.29 is 19.5 Å². The SMILES string of the molecule is CC(NC(=O)[C@H](Cc1ccccc1)NC(=O)CN)(C(=O)O)[C@H]1CC[C@@]2(C)C(=CC[C@@H]3[C@@H]2CC[C@]2(C)C(c4cccnc4)=CC[C@@H]32)C1. The number of fused-ring (bicyclic) bond motifs is 5. The van der Waals surface area contributed by atoms with Crippen molar-refractivity contribution in [3.63, 3.8) is 0 Å². The number of amides is 2. The summed E-state index contributed by atoms with van der Waals surface area (Å²) in [5, 5.41) is 16.2. The normalized spacial score (nSPS) is 31.9. The van der Waals surface area contributed by atoms with Crippen LogP contribution < -0.4 is 16.4 Å². The van der Waals surface area contributed by atoms with Crippen molar-refractivity contribution in [1.82, 2.24) is 15.6 Å². The average Bonchev–Trinajstić information content (AvgIpc) is 3.41. The van der Waals surface area contributed by atoms with E-state index < -0.39 is 29.4 Å². The zero-order valence-corrected chi connectivity index (χ0v) is 27.3. The molecule has 6 rings (SSSR count). The number of rotatable bonds is 9. The van der Waals surface area contributed by atoms with E-state index in [4.69, 9.17) is 5.73 Å². The fraction of sp³-hybridized carbons (Fsp3) is 0.526. The monoisotopic (exact) mass is 624 g/mol. The molecule has 244 valence electrons. The standard InChI is InChI=1S/C38H48N4O4/c1-36-17-15-27(38(3,35(45)46)42-34(44)32(41-33(43)22-39)20-24-8-5-4-6-9-24)21-26(36)11-12-28-30-14-13-29(25-10-7-19-40-23-25)37(30,2)18-16-31(28)36/h4-11,13,19,23,27-28,30-32H,12,14-18,20-22,39H2,1-3H3,(H,41,43)(H,42,44)(H,45,46)/t27-,28-,30-,31-,32-,36-,37+,38?/m0/s1. The van der Waals surface area contributed by atoms with E-state index in [0.717, 1.165) is 37.7 Å². The molecule has 1 aromatic carbocycles. The molecule has 1 aromatic heterocycles. The van der Waals surface area contributed by atoms with Gasteiger partial charge in [-0.2, -0.15) is 0 Å². The molecule has 2 saturated carbocycles. The lowest BCUT2D eigenvalue weighted by atomic mass is 9.46. The quantitative estimate of drug-likeness (QED) is 0.280. The maximum absolute atomic E-state index is 13.7. The molecule has 1 unspecified atom stereocenters. The molecule has 0 saturated heterocycles. The highest BCUT2D eigenvalue weighted by Crippen LogP contribution is 2.66. The minimum Gasteiger partial charge on any atom is -0.480 e. The third-order valence-corrected chi connectivity index (χ3v) is 12.4. The van der Waals surface area contributed by atoms with Gasteiger partial charge in [-0.15, -0.1) is 0 Å². The van der Waals surface area contributed by atoms with Gasteiger partial charge >= 0.3 is 5.97 Å². The minimum absolute atomic E-state index is 0.0200. The largest absolute Gasteiger partial charge is 0.480 e. The van der Waals surface area contributed by atoms with Crippen molar-refractivity contribution >= 4 is 23.4 Å². The number of hydrogen-bond acceptors (Lipinski definition) is 5. The minimum atomic E-state index is -1.49. The lowest BCUT2D eigenvalue weighted by molar-refractivity contribution is -0.151. The van der Waals surface area contributed by atoms with Crippen LogP contribution in [0.1, 0.15) is 76.8 Å². The first-order valence-corrected chi connectivity index (χ1v) is 16.9. The Labute approximate surface area is 272 Å². The van der Waals surface area contributed by atoms with E-state index in [1.54, 1.807) is 6.92 Å². The lowest BCUT2D eigenvalue weighted by Gasteiger charge is -2.58. The first-order valence-electron chi connectivity index (χ1n) is 16.9. The molecule has 0 bridgehead atoms. The second kappa shape index (κ2) is 12.4. The molecule has 1 heterocycles. The summed E-state index contributed by atoms with van der Waals surface area (Å²) in [6, 6.07) is 12.7. The van der Waals surface area contributed by atoms with Crippen LogP contribution in [-0.4, -0.2) is 46.0 Å². The van der Waals surface area contributed by atoms with E-state index in [2.05, 4.69) is 47.7 Å². The van der Waals surface area contributed by atoms with Crippen molar-refractivity contribution in [2.24, 2.45) is 40.2 Å².